The monoisotopic (exact) mass is 511 g/mol. The lowest BCUT2D eigenvalue weighted by Gasteiger charge is -2.17. The highest BCUT2D eigenvalue weighted by molar-refractivity contribution is 7.07. The largest absolute Gasteiger partial charge is 0.507 e. The van der Waals surface area contributed by atoms with Crippen LogP contribution in [0.15, 0.2) is 45.8 Å². The minimum absolute atomic E-state index is 0.103. The Morgan fingerprint density at radius 1 is 0.944 bits per heavy atom. The van der Waals surface area contributed by atoms with Crippen LogP contribution in [0, 0.1) is 0 Å². The molecule has 192 valence electrons. The molecule has 2 aromatic carbocycles. The van der Waals surface area contributed by atoms with Crippen LogP contribution in [0.1, 0.15) is 44.6 Å². The minimum Gasteiger partial charge on any atom is -0.507 e. The average Bonchev–Trinajstić information content (AvgIpc) is 3.29. The fourth-order valence-corrected chi connectivity index (χ4v) is 5.33. The Kier molecular flexibility index (Phi) is 8.20. The SMILES string of the molecule is COc1ccc(C(C)=Nn2c(-c3cc(OC)c(OC)c(OC)c3)csc2=NC2CCCCC2)c(O)c1. The molecule has 1 heterocycles. The van der Waals surface area contributed by atoms with Gasteiger partial charge in [-0.25, -0.2) is 4.68 Å². The number of ether oxygens (including phenoxy) is 4. The standard InChI is InChI=1S/C27H33N3O5S/c1-17(21-12-11-20(32-2)15-23(21)31)29-30-22(16-36-27(30)28-19-9-7-6-8-10-19)18-13-24(33-3)26(35-5)25(14-18)34-4/h11-16,19,31H,6-10H2,1-5H3. The molecule has 1 saturated carbocycles. The zero-order chi connectivity index (χ0) is 25.7. The van der Waals surface area contributed by atoms with Gasteiger partial charge >= 0.3 is 0 Å². The third-order valence-corrected chi connectivity index (χ3v) is 7.19. The maximum absolute atomic E-state index is 10.6. The quantitative estimate of drug-likeness (QED) is 0.406. The summed E-state index contributed by atoms with van der Waals surface area (Å²) >= 11 is 1.54. The first-order valence-corrected chi connectivity index (χ1v) is 12.8. The molecule has 8 nitrogen and oxygen atoms in total. The molecular weight excluding hydrogens is 478 g/mol. The van der Waals surface area contributed by atoms with Gasteiger partial charge in [0.05, 0.1) is 45.9 Å². The van der Waals surface area contributed by atoms with Crippen LogP contribution < -0.4 is 23.7 Å². The van der Waals surface area contributed by atoms with E-state index in [4.69, 9.17) is 29.0 Å². The molecule has 0 amide bonds. The summed E-state index contributed by atoms with van der Waals surface area (Å²) in [6.07, 6.45) is 5.82. The number of aromatic hydroxyl groups is 1. The summed E-state index contributed by atoms with van der Waals surface area (Å²) in [6, 6.07) is 9.28. The molecule has 0 spiro atoms. The Bertz CT molecular complexity index is 1280. The van der Waals surface area contributed by atoms with E-state index in [2.05, 4.69) is 0 Å². The lowest BCUT2D eigenvalue weighted by molar-refractivity contribution is 0.324. The van der Waals surface area contributed by atoms with Crippen molar-refractivity contribution in [2.45, 2.75) is 45.1 Å². The summed E-state index contributed by atoms with van der Waals surface area (Å²) in [4.78, 5) is 5.89. The molecule has 1 N–H and O–H groups in total. The van der Waals surface area contributed by atoms with Crippen molar-refractivity contribution in [2.75, 3.05) is 28.4 Å². The third-order valence-electron chi connectivity index (χ3n) is 6.36. The van der Waals surface area contributed by atoms with Crippen LogP contribution in [0.4, 0.5) is 0 Å². The Hall–Kier alpha value is -3.46. The molecule has 0 atom stereocenters. The van der Waals surface area contributed by atoms with Crippen LogP contribution in [0.25, 0.3) is 11.3 Å². The molecule has 0 saturated heterocycles. The molecule has 3 aromatic rings. The fourth-order valence-electron chi connectivity index (χ4n) is 4.43. The Balaban J connectivity index is 1.89. The first-order valence-electron chi connectivity index (χ1n) is 12.0. The number of benzene rings is 2. The summed E-state index contributed by atoms with van der Waals surface area (Å²) in [5.41, 5.74) is 2.95. The van der Waals surface area contributed by atoms with E-state index in [1.165, 1.54) is 19.3 Å². The topological polar surface area (TPSA) is 86.8 Å². The highest BCUT2D eigenvalue weighted by atomic mass is 32.1. The number of aromatic nitrogens is 1. The van der Waals surface area contributed by atoms with E-state index in [1.807, 2.05) is 29.1 Å². The predicted molar refractivity (Wildman–Crippen MR) is 142 cm³/mol. The summed E-state index contributed by atoms with van der Waals surface area (Å²) in [7, 11) is 6.35. The van der Waals surface area contributed by atoms with Crippen LogP contribution in [0.5, 0.6) is 28.7 Å². The van der Waals surface area contributed by atoms with Gasteiger partial charge in [0, 0.05) is 22.6 Å². The second-order valence-corrected chi connectivity index (χ2v) is 9.46. The molecule has 9 heteroatoms. The molecule has 0 aliphatic heterocycles. The van der Waals surface area contributed by atoms with Gasteiger partial charge in [0.2, 0.25) is 10.6 Å². The minimum atomic E-state index is 0.103. The summed E-state index contributed by atoms with van der Waals surface area (Å²) < 4.78 is 23.7. The number of methoxy groups -OCH3 is 4. The average molecular weight is 512 g/mol. The van der Waals surface area contributed by atoms with Crippen LogP contribution in [-0.4, -0.2) is 50.0 Å². The van der Waals surface area contributed by atoms with Crippen molar-refractivity contribution in [3.05, 3.63) is 46.1 Å². The van der Waals surface area contributed by atoms with E-state index in [9.17, 15) is 5.11 Å². The second kappa shape index (κ2) is 11.5. The van der Waals surface area contributed by atoms with Crippen molar-refractivity contribution in [3.63, 3.8) is 0 Å². The molecule has 4 rings (SSSR count). The Morgan fingerprint density at radius 2 is 1.64 bits per heavy atom. The number of rotatable bonds is 8. The maximum Gasteiger partial charge on any atom is 0.206 e. The molecule has 0 bridgehead atoms. The van der Waals surface area contributed by atoms with Crippen molar-refractivity contribution in [1.82, 2.24) is 4.68 Å². The number of phenols is 1. The van der Waals surface area contributed by atoms with E-state index >= 15 is 0 Å². The molecule has 0 unspecified atom stereocenters. The van der Waals surface area contributed by atoms with Crippen LogP contribution in [0.2, 0.25) is 0 Å². The number of thiazole rings is 1. The zero-order valence-electron chi connectivity index (χ0n) is 21.4. The van der Waals surface area contributed by atoms with Gasteiger partial charge in [-0.05, 0) is 44.0 Å². The molecule has 1 aliphatic rings. The molecular formula is C27H33N3O5S. The number of nitrogens with zero attached hydrogens (tertiary/aromatic N) is 3. The van der Waals surface area contributed by atoms with Crippen molar-refractivity contribution in [3.8, 4) is 40.0 Å². The molecule has 1 fully saturated rings. The predicted octanol–water partition coefficient (Wildman–Crippen LogP) is 5.46. The van der Waals surface area contributed by atoms with E-state index in [0.717, 1.165) is 28.9 Å². The smallest absolute Gasteiger partial charge is 0.206 e. The molecule has 1 aromatic heterocycles. The van der Waals surface area contributed by atoms with Gasteiger partial charge in [0.1, 0.15) is 11.5 Å². The van der Waals surface area contributed by atoms with Gasteiger partial charge in [0.25, 0.3) is 0 Å². The van der Waals surface area contributed by atoms with Crippen LogP contribution in [-0.2, 0) is 0 Å². The highest BCUT2D eigenvalue weighted by Gasteiger charge is 2.19. The molecule has 1 aliphatic carbocycles. The van der Waals surface area contributed by atoms with E-state index in [-0.39, 0.29) is 11.8 Å². The van der Waals surface area contributed by atoms with Crippen molar-refractivity contribution >= 4 is 17.0 Å². The normalized spacial score (nSPS) is 15.1. The van der Waals surface area contributed by atoms with Crippen LogP contribution in [0.3, 0.4) is 0 Å². The summed E-state index contributed by atoms with van der Waals surface area (Å²) in [5, 5.41) is 17.6. The lowest BCUT2D eigenvalue weighted by atomic mass is 9.96. The second-order valence-electron chi connectivity index (χ2n) is 8.62. The van der Waals surface area contributed by atoms with Gasteiger partial charge in [-0.3, -0.25) is 4.99 Å². The fraction of sp³-hybridized carbons (Fsp3) is 0.407. The van der Waals surface area contributed by atoms with Crippen molar-refractivity contribution in [1.29, 1.82) is 0 Å². The van der Waals surface area contributed by atoms with Crippen molar-refractivity contribution < 1.29 is 24.1 Å². The Labute approximate surface area is 215 Å². The highest BCUT2D eigenvalue weighted by Crippen LogP contribution is 2.41. The van der Waals surface area contributed by atoms with E-state index in [0.29, 0.717) is 34.3 Å². The first-order chi connectivity index (χ1) is 17.5. The summed E-state index contributed by atoms with van der Waals surface area (Å²) in [5.74, 6) is 2.33. The van der Waals surface area contributed by atoms with Gasteiger partial charge in [-0.2, -0.15) is 5.10 Å². The first kappa shape index (κ1) is 25.6. The molecule has 36 heavy (non-hydrogen) atoms. The zero-order valence-corrected chi connectivity index (χ0v) is 22.2. The maximum atomic E-state index is 10.6. The summed E-state index contributed by atoms with van der Waals surface area (Å²) in [6.45, 7) is 1.87. The van der Waals surface area contributed by atoms with Gasteiger partial charge in [-0.1, -0.05) is 19.3 Å². The van der Waals surface area contributed by atoms with E-state index in [1.54, 1.807) is 58.0 Å². The number of hydrogen-bond donors (Lipinski definition) is 1. The van der Waals surface area contributed by atoms with Crippen LogP contribution >= 0.6 is 11.3 Å². The lowest BCUT2D eigenvalue weighted by Crippen LogP contribution is -2.19. The Morgan fingerprint density at radius 3 is 2.22 bits per heavy atom. The van der Waals surface area contributed by atoms with Gasteiger partial charge < -0.3 is 24.1 Å². The molecule has 0 radical (unpaired) electrons. The number of hydrogen-bond acceptors (Lipinski definition) is 8. The van der Waals surface area contributed by atoms with Crippen molar-refractivity contribution in [2.24, 2.45) is 10.1 Å². The van der Waals surface area contributed by atoms with Gasteiger partial charge in [-0.15, -0.1) is 11.3 Å². The van der Waals surface area contributed by atoms with E-state index < -0.39 is 0 Å². The number of phenolic OH excluding ortho intramolecular Hbond substituents is 1. The third kappa shape index (κ3) is 5.36. The van der Waals surface area contributed by atoms with Gasteiger partial charge in [0.15, 0.2) is 11.5 Å².